The predicted octanol–water partition coefficient (Wildman–Crippen LogP) is 3.67. The SMILES string of the molecule is COCc1ccc(C(=O)Nc2ccc(Oc3cnccn3)cc2)cc1. The topological polar surface area (TPSA) is 73.3 Å². The van der Waals surface area contributed by atoms with Gasteiger partial charge in [-0.05, 0) is 42.0 Å². The van der Waals surface area contributed by atoms with Gasteiger partial charge in [-0.3, -0.25) is 9.78 Å². The van der Waals surface area contributed by atoms with E-state index in [4.69, 9.17) is 9.47 Å². The van der Waals surface area contributed by atoms with Crippen molar-refractivity contribution in [2.24, 2.45) is 0 Å². The van der Waals surface area contributed by atoms with Crippen LogP contribution in [0.4, 0.5) is 5.69 Å². The Labute approximate surface area is 145 Å². The second kappa shape index (κ2) is 8.03. The standard InChI is InChI=1S/C19H17N3O3/c1-24-13-14-2-4-15(5-3-14)19(23)22-16-6-8-17(9-7-16)25-18-12-20-10-11-21-18/h2-12H,13H2,1H3,(H,22,23). The number of rotatable bonds is 6. The lowest BCUT2D eigenvalue weighted by Gasteiger charge is -2.08. The van der Waals surface area contributed by atoms with Gasteiger partial charge in [-0.25, -0.2) is 4.98 Å². The van der Waals surface area contributed by atoms with Crippen molar-refractivity contribution >= 4 is 11.6 Å². The Bertz CT molecular complexity index is 819. The first-order chi connectivity index (χ1) is 12.2. The average Bonchev–Trinajstić information content (AvgIpc) is 2.65. The van der Waals surface area contributed by atoms with Crippen molar-refractivity contribution in [2.45, 2.75) is 6.61 Å². The molecule has 1 N–H and O–H groups in total. The van der Waals surface area contributed by atoms with Gasteiger partial charge in [0, 0.05) is 30.8 Å². The smallest absolute Gasteiger partial charge is 0.255 e. The highest BCUT2D eigenvalue weighted by Crippen LogP contribution is 2.21. The van der Waals surface area contributed by atoms with Gasteiger partial charge in [0.1, 0.15) is 5.75 Å². The quantitative estimate of drug-likeness (QED) is 0.744. The van der Waals surface area contributed by atoms with Crippen LogP contribution < -0.4 is 10.1 Å². The number of carbonyl (C=O) groups is 1. The van der Waals surface area contributed by atoms with Crippen LogP contribution in [-0.2, 0) is 11.3 Å². The van der Waals surface area contributed by atoms with E-state index in [1.165, 1.54) is 6.20 Å². The first-order valence-electron chi connectivity index (χ1n) is 7.68. The summed E-state index contributed by atoms with van der Waals surface area (Å²) >= 11 is 0. The van der Waals surface area contributed by atoms with Crippen molar-refractivity contribution in [1.82, 2.24) is 9.97 Å². The molecule has 1 aromatic heterocycles. The molecule has 3 rings (SSSR count). The number of nitrogens with one attached hydrogen (secondary N) is 1. The summed E-state index contributed by atoms with van der Waals surface area (Å²) in [5.74, 6) is 0.851. The van der Waals surface area contributed by atoms with Crippen LogP contribution in [0.15, 0.2) is 67.1 Å². The molecule has 0 atom stereocenters. The summed E-state index contributed by atoms with van der Waals surface area (Å²) in [5.41, 5.74) is 2.28. The van der Waals surface area contributed by atoms with Gasteiger partial charge >= 0.3 is 0 Å². The van der Waals surface area contributed by atoms with E-state index in [0.29, 0.717) is 29.5 Å². The van der Waals surface area contributed by atoms with E-state index in [1.807, 2.05) is 12.1 Å². The molecule has 0 aliphatic carbocycles. The van der Waals surface area contributed by atoms with Gasteiger partial charge in [-0.2, -0.15) is 0 Å². The molecule has 1 heterocycles. The lowest BCUT2D eigenvalue weighted by atomic mass is 10.1. The number of nitrogens with zero attached hydrogens (tertiary/aromatic N) is 2. The summed E-state index contributed by atoms with van der Waals surface area (Å²) in [6.45, 7) is 0.523. The number of methoxy groups -OCH3 is 1. The van der Waals surface area contributed by atoms with Gasteiger partial charge in [0.25, 0.3) is 5.91 Å². The van der Waals surface area contributed by atoms with Gasteiger partial charge < -0.3 is 14.8 Å². The van der Waals surface area contributed by atoms with Crippen LogP contribution >= 0.6 is 0 Å². The Kier molecular flexibility index (Phi) is 5.33. The van der Waals surface area contributed by atoms with Crippen LogP contribution in [-0.4, -0.2) is 23.0 Å². The van der Waals surface area contributed by atoms with Crippen molar-refractivity contribution in [3.63, 3.8) is 0 Å². The molecule has 0 aliphatic heterocycles. The molecule has 6 heteroatoms. The lowest BCUT2D eigenvalue weighted by Crippen LogP contribution is -2.11. The third-order valence-corrected chi connectivity index (χ3v) is 3.40. The van der Waals surface area contributed by atoms with Gasteiger partial charge in [0.05, 0.1) is 12.8 Å². The van der Waals surface area contributed by atoms with Gasteiger partial charge in [-0.15, -0.1) is 0 Å². The number of carbonyl (C=O) groups excluding carboxylic acids is 1. The molecule has 0 saturated carbocycles. The van der Waals surface area contributed by atoms with Crippen molar-refractivity contribution in [3.8, 4) is 11.6 Å². The van der Waals surface area contributed by atoms with Crippen molar-refractivity contribution in [2.75, 3.05) is 12.4 Å². The van der Waals surface area contributed by atoms with E-state index in [-0.39, 0.29) is 5.91 Å². The zero-order valence-electron chi connectivity index (χ0n) is 13.7. The molecular weight excluding hydrogens is 318 g/mol. The molecule has 1 amide bonds. The number of anilines is 1. The molecule has 2 aromatic carbocycles. The molecule has 0 fully saturated rings. The maximum atomic E-state index is 12.3. The zero-order valence-corrected chi connectivity index (χ0v) is 13.7. The van der Waals surface area contributed by atoms with Crippen LogP contribution in [0.25, 0.3) is 0 Å². The molecule has 0 bridgehead atoms. The maximum absolute atomic E-state index is 12.3. The number of aromatic nitrogens is 2. The average molecular weight is 335 g/mol. The molecular formula is C19H17N3O3. The number of amides is 1. The molecule has 0 unspecified atom stereocenters. The molecule has 25 heavy (non-hydrogen) atoms. The van der Waals surface area contributed by atoms with E-state index >= 15 is 0 Å². The Morgan fingerprint density at radius 3 is 2.44 bits per heavy atom. The molecule has 3 aromatic rings. The minimum atomic E-state index is -0.174. The summed E-state index contributed by atoms with van der Waals surface area (Å²) in [6.07, 6.45) is 4.66. The number of ether oxygens (including phenoxy) is 2. The summed E-state index contributed by atoms with van der Waals surface area (Å²) in [5, 5.41) is 2.85. The Morgan fingerprint density at radius 2 is 1.80 bits per heavy atom. The van der Waals surface area contributed by atoms with E-state index in [1.54, 1.807) is 55.9 Å². The Morgan fingerprint density at radius 1 is 1.04 bits per heavy atom. The van der Waals surface area contributed by atoms with Crippen LogP contribution in [0.3, 0.4) is 0 Å². The van der Waals surface area contributed by atoms with E-state index < -0.39 is 0 Å². The van der Waals surface area contributed by atoms with Crippen LogP contribution in [0, 0.1) is 0 Å². The molecule has 6 nitrogen and oxygen atoms in total. The van der Waals surface area contributed by atoms with Crippen molar-refractivity contribution in [3.05, 3.63) is 78.2 Å². The van der Waals surface area contributed by atoms with Gasteiger partial charge in [0.2, 0.25) is 5.88 Å². The fraction of sp³-hybridized carbons (Fsp3) is 0.105. The van der Waals surface area contributed by atoms with Crippen LogP contribution in [0.2, 0.25) is 0 Å². The third kappa shape index (κ3) is 4.62. The molecule has 0 aliphatic rings. The van der Waals surface area contributed by atoms with Gasteiger partial charge in [-0.1, -0.05) is 12.1 Å². The van der Waals surface area contributed by atoms with E-state index in [2.05, 4.69) is 15.3 Å². The maximum Gasteiger partial charge on any atom is 0.255 e. The zero-order chi connectivity index (χ0) is 17.5. The fourth-order valence-corrected chi connectivity index (χ4v) is 2.19. The summed E-state index contributed by atoms with van der Waals surface area (Å²) in [4.78, 5) is 20.2. The molecule has 0 saturated heterocycles. The predicted molar refractivity (Wildman–Crippen MR) is 93.7 cm³/mol. The van der Waals surface area contributed by atoms with Crippen LogP contribution in [0.5, 0.6) is 11.6 Å². The first kappa shape index (κ1) is 16.6. The number of hydrogen-bond donors (Lipinski definition) is 1. The second-order valence-corrected chi connectivity index (χ2v) is 5.25. The molecule has 0 radical (unpaired) electrons. The highest BCUT2D eigenvalue weighted by atomic mass is 16.5. The van der Waals surface area contributed by atoms with Crippen molar-refractivity contribution < 1.29 is 14.3 Å². The Balaban J connectivity index is 1.61. The highest BCUT2D eigenvalue weighted by molar-refractivity contribution is 6.04. The normalized spacial score (nSPS) is 10.3. The second-order valence-electron chi connectivity index (χ2n) is 5.25. The highest BCUT2D eigenvalue weighted by Gasteiger charge is 2.06. The van der Waals surface area contributed by atoms with E-state index in [0.717, 1.165) is 5.56 Å². The first-order valence-corrected chi connectivity index (χ1v) is 7.68. The number of hydrogen-bond acceptors (Lipinski definition) is 5. The summed E-state index contributed by atoms with van der Waals surface area (Å²) in [7, 11) is 1.64. The monoisotopic (exact) mass is 335 g/mol. The van der Waals surface area contributed by atoms with Crippen LogP contribution in [0.1, 0.15) is 15.9 Å². The lowest BCUT2D eigenvalue weighted by molar-refractivity contribution is 0.102. The molecule has 126 valence electrons. The minimum Gasteiger partial charge on any atom is -0.438 e. The molecule has 0 spiro atoms. The minimum absolute atomic E-state index is 0.174. The summed E-state index contributed by atoms with van der Waals surface area (Å²) in [6, 6.07) is 14.3. The third-order valence-electron chi connectivity index (χ3n) is 3.40. The van der Waals surface area contributed by atoms with E-state index in [9.17, 15) is 4.79 Å². The number of benzene rings is 2. The fourth-order valence-electron chi connectivity index (χ4n) is 2.19. The van der Waals surface area contributed by atoms with Crippen molar-refractivity contribution in [1.29, 1.82) is 0 Å². The summed E-state index contributed by atoms with van der Waals surface area (Å²) < 4.78 is 10.6. The largest absolute Gasteiger partial charge is 0.438 e. The van der Waals surface area contributed by atoms with Gasteiger partial charge in [0.15, 0.2) is 0 Å². The Hall–Kier alpha value is -3.25.